The average Bonchev–Trinajstić information content (AvgIpc) is 3.24. The lowest BCUT2D eigenvalue weighted by atomic mass is 10.2. The van der Waals surface area contributed by atoms with Gasteiger partial charge in [0.05, 0.1) is 6.04 Å². The Kier molecular flexibility index (Phi) is 4.93. The van der Waals surface area contributed by atoms with Crippen LogP contribution in [-0.2, 0) is 13.6 Å². The summed E-state index contributed by atoms with van der Waals surface area (Å²) in [7, 11) is 1.85. The highest BCUT2D eigenvalue weighted by Gasteiger charge is 2.15. The van der Waals surface area contributed by atoms with Crippen molar-refractivity contribution in [3.05, 3.63) is 36.0 Å². The van der Waals surface area contributed by atoms with E-state index in [9.17, 15) is 4.79 Å². The summed E-state index contributed by atoms with van der Waals surface area (Å²) in [6.45, 7) is 4.45. The Labute approximate surface area is 141 Å². The number of nitrogens with one attached hydrogen (secondary N) is 2. The number of amides is 2. The summed E-state index contributed by atoms with van der Waals surface area (Å²) in [6.07, 6.45) is 5.84. The van der Waals surface area contributed by atoms with Gasteiger partial charge in [0.2, 0.25) is 0 Å². The van der Waals surface area contributed by atoms with E-state index in [0.717, 1.165) is 24.5 Å². The Bertz CT molecular complexity index is 693. The molecule has 8 nitrogen and oxygen atoms in total. The van der Waals surface area contributed by atoms with Crippen LogP contribution in [0.25, 0.3) is 0 Å². The lowest BCUT2D eigenvalue weighted by Crippen LogP contribution is -2.37. The van der Waals surface area contributed by atoms with Crippen molar-refractivity contribution in [1.82, 2.24) is 30.4 Å². The number of carbonyl (C=O) groups is 1. The van der Waals surface area contributed by atoms with E-state index >= 15 is 0 Å². The Hall–Kier alpha value is -2.64. The number of anilines is 1. The fourth-order valence-electron chi connectivity index (χ4n) is 2.87. The summed E-state index contributed by atoms with van der Waals surface area (Å²) in [4.78, 5) is 18.8. The molecule has 8 heteroatoms. The second-order valence-electron chi connectivity index (χ2n) is 6.07. The molecule has 0 radical (unpaired) electrons. The molecule has 1 atom stereocenters. The van der Waals surface area contributed by atoms with Crippen LogP contribution in [0.5, 0.6) is 0 Å². The number of hydrogen-bond donors (Lipinski definition) is 2. The van der Waals surface area contributed by atoms with Gasteiger partial charge in [0.25, 0.3) is 0 Å². The van der Waals surface area contributed by atoms with E-state index in [-0.39, 0.29) is 12.1 Å². The second kappa shape index (κ2) is 7.29. The quantitative estimate of drug-likeness (QED) is 0.865. The summed E-state index contributed by atoms with van der Waals surface area (Å²) in [5.41, 5.74) is 1.04. The third-order valence-corrected chi connectivity index (χ3v) is 4.17. The van der Waals surface area contributed by atoms with Gasteiger partial charge >= 0.3 is 6.03 Å². The fourth-order valence-corrected chi connectivity index (χ4v) is 2.87. The first-order chi connectivity index (χ1) is 11.6. The Morgan fingerprint density at radius 1 is 1.38 bits per heavy atom. The molecule has 0 spiro atoms. The van der Waals surface area contributed by atoms with Crippen LogP contribution in [0.3, 0.4) is 0 Å². The fraction of sp³-hybridized carbons (Fsp3) is 0.500. The molecule has 24 heavy (non-hydrogen) atoms. The van der Waals surface area contributed by atoms with Crippen molar-refractivity contribution in [3.8, 4) is 0 Å². The van der Waals surface area contributed by atoms with Gasteiger partial charge in [0.1, 0.15) is 12.1 Å². The number of pyridine rings is 1. The molecule has 0 bridgehead atoms. The number of nitrogens with zero attached hydrogens (tertiary/aromatic N) is 5. The molecule has 1 aliphatic rings. The SMILES string of the molecule is CC(NC(=O)NCc1ccnc(N2CCCC2)c1)c1nncn1C. The van der Waals surface area contributed by atoms with Crippen molar-refractivity contribution in [3.63, 3.8) is 0 Å². The van der Waals surface area contributed by atoms with Crippen molar-refractivity contribution >= 4 is 11.8 Å². The topological polar surface area (TPSA) is 88.0 Å². The molecule has 2 amide bonds. The van der Waals surface area contributed by atoms with Crippen molar-refractivity contribution in [2.24, 2.45) is 7.05 Å². The summed E-state index contributed by atoms with van der Waals surface area (Å²) in [5, 5.41) is 13.6. The minimum atomic E-state index is -0.231. The van der Waals surface area contributed by atoms with Gasteiger partial charge in [-0.05, 0) is 37.5 Å². The third kappa shape index (κ3) is 3.81. The second-order valence-corrected chi connectivity index (χ2v) is 6.07. The van der Waals surface area contributed by atoms with E-state index in [2.05, 4.69) is 30.7 Å². The molecule has 1 saturated heterocycles. The maximum atomic E-state index is 12.1. The molecule has 0 aromatic carbocycles. The van der Waals surface area contributed by atoms with Gasteiger partial charge in [-0.25, -0.2) is 9.78 Å². The molecular weight excluding hydrogens is 306 g/mol. The van der Waals surface area contributed by atoms with Crippen LogP contribution in [0.15, 0.2) is 24.7 Å². The Morgan fingerprint density at radius 2 is 2.17 bits per heavy atom. The minimum absolute atomic E-state index is 0.213. The zero-order valence-electron chi connectivity index (χ0n) is 14.1. The Balaban J connectivity index is 1.52. The number of hydrogen-bond acceptors (Lipinski definition) is 5. The van der Waals surface area contributed by atoms with E-state index in [0.29, 0.717) is 12.4 Å². The van der Waals surface area contributed by atoms with Crippen LogP contribution in [-0.4, -0.2) is 38.9 Å². The van der Waals surface area contributed by atoms with Gasteiger partial charge in [0.15, 0.2) is 5.82 Å². The average molecular weight is 329 g/mol. The highest BCUT2D eigenvalue weighted by molar-refractivity contribution is 5.74. The zero-order chi connectivity index (χ0) is 16.9. The number of carbonyl (C=O) groups excluding carboxylic acids is 1. The van der Waals surface area contributed by atoms with Crippen LogP contribution >= 0.6 is 0 Å². The summed E-state index contributed by atoms with van der Waals surface area (Å²) in [6, 6.07) is 3.52. The van der Waals surface area contributed by atoms with E-state index in [1.54, 1.807) is 17.1 Å². The number of rotatable bonds is 5. The molecule has 2 aromatic rings. The van der Waals surface area contributed by atoms with Crippen molar-refractivity contribution in [1.29, 1.82) is 0 Å². The van der Waals surface area contributed by atoms with E-state index in [4.69, 9.17) is 0 Å². The lowest BCUT2D eigenvalue weighted by Gasteiger charge is -2.17. The first-order valence-corrected chi connectivity index (χ1v) is 8.21. The van der Waals surface area contributed by atoms with Crippen LogP contribution < -0.4 is 15.5 Å². The van der Waals surface area contributed by atoms with E-state index in [1.807, 2.05) is 26.1 Å². The van der Waals surface area contributed by atoms with Crippen LogP contribution in [0.2, 0.25) is 0 Å². The Morgan fingerprint density at radius 3 is 2.88 bits per heavy atom. The van der Waals surface area contributed by atoms with Crippen molar-refractivity contribution < 1.29 is 4.79 Å². The minimum Gasteiger partial charge on any atom is -0.357 e. The number of aryl methyl sites for hydroxylation is 1. The van der Waals surface area contributed by atoms with Gasteiger partial charge in [-0.1, -0.05) is 0 Å². The van der Waals surface area contributed by atoms with Gasteiger partial charge in [0, 0.05) is 32.9 Å². The van der Waals surface area contributed by atoms with Crippen LogP contribution in [0.4, 0.5) is 10.6 Å². The highest BCUT2D eigenvalue weighted by Crippen LogP contribution is 2.18. The summed E-state index contributed by atoms with van der Waals surface area (Å²) >= 11 is 0. The van der Waals surface area contributed by atoms with Gasteiger partial charge in [-0.3, -0.25) is 0 Å². The highest BCUT2D eigenvalue weighted by atomic mass is 16.2. The molecule has 2 aromatic heterocycles. The van der Waals surface area contributed by atoms with Gasteiger partial charge in [-0.2, -0.15) is 0 Å². The molecule has 1 unspecified atom stereocenters. The molecule has 2 N–H and O–H groups in total. The molecule has 3 heterocycles. The predicted octanol–water partition coefficient (Wildman–Crippen LogP) is 1.37. The van der Waals surface area contributed by atoms with Crippen LogP contribution in [0, 0.1) is 0 Å². The third-order valence-electron chi connectivity index (χ3n) is 4.17. The standard InChI is InChI=1S/C16H23N7O/c1-12(15-21-19-11-22(15)2)20-16(24)18-10-13-5-6-17-14(9-13)23-7-3-4-8-23/h5-6,9,11-12H,3-4,7-8,10H2,1-2H3,(H2,18,20,24). The first kappa shape index (κ1) is 16.2. The molecule has 0 aliphatic carbocycles. The summed E-state index contributed by atoms with van der Waals surface area (Å²) < 4.78 is 1.79. The molecular formula is C16H23N7O. The maximum Gasteiger partial charge on any atom is 0.315 e. The number of aromatic nitrogens is 4. The van der Waals surface area contributed by atoms with Gasteiger partial charge < -0.3 is 20.1 Å². The maximum absolute atomic E-state index is 12.1. The zero-order valence-corrected chi connectivity index (χ0v) is 14.1. The van der Waals surface area contributed by atoms with Gasteiger partial charge in [-0.15, -0.1) is 10.2 Å². The van der Waals surface area contributed by atoms with Crippen molar-refractivity contribution in [2.75, 3.05) is 18.0 Å². The first-order valence-electron chi connectivity index (χ1n) is 8.21. The normalized spacial score (nSPS) is 15.3. The molecule has 1 fully saturated rings. The predicted molar refractivity (Wildman–Crippen MR) is 90.5 cm³/mol. The monoisotopic (exact) mass is 329 g/mol. The molecule has 3 rings (SSSR count). The van der Waals surface area contributed by atoms with Crippen molar-refractivity contribution in [2.45, 2.75) is 32.4 Å². The van der Waals surface area contributed by atoms with E-state index < -0.39 is 0 Å². The number of urea groups is 1. The molecule has 0 saturated carbocycles. The summed E-state index contributed by atoms with van der Waals surface area (Å²) in [5.74, 6) is 1.70. The lowest BCUT2D eigenvalue weighted by molar-refractivity contribution is 0.237. The largest absolute Gasteiger partial charge is 0.357 e. The van der Waals surface area contributed by atoms with E-state index in [1.165, 1.54) is 12.8 Å². The van der Waals surface area contributed by atoms with Crippen LogP contribution in [0.1, 0.15) is 37.2 Å². The molecule has 1 aliphatic heterocycles. The smallest absolute Gasteiger partial charge is 0.315 e. The molecule has 128 valence electrons.